The fourth-order valence-electron chi connectivity index (χ4n) is 3.43. The van der Waals surface area contributed by atoms with Crippen LogP contribution >= 0.6 is 0 Å². The molecule has 0 unspecified atom stereocenters. The summed E-state index contributed by atoms with van der Waals surface area (Å²) < 4.78 is 41.0. The van der Waals surface area contributed by atoms with Crippen LogP contribution in [-0.4, -0.2) is 23.8 Å². The molecule has 0 aromatic heterocycles. The Morgan fingerprint density at radius 2 is 1.66 bits per heavy atom. The molecular weight excluding hydrogens is 457 g/mol. The van der Waals surface area contributed by atoms with Crippen LogP contribution in [0.15, 0.2) is 71.9 Å². The molecule has 0 saturated heterocycles. The van der Waals surface area contributed by atoms with E-state index in [4.69, 9.17) is 9.94 Å². The number of nitrogens with zero attached hydrogens (tertiary/aromatic N) is 1. The Morgan fingerprint density at radius 1 is 1.00 bits per heavy atom. The fraction of sp³-hybridized carbons (Fsp3) is 0.259. The third-order valence-corrected chi connectivity index (χ3v) is 5.33. The highest BCUT2D eigenvalue weighted by atomic mass is 19.4. The molecule has 184 valence electrons. The van der Waals surface area contributed by atoms with Gasteiger partial charge in [0.2, 0.25) is 0 Å². The fourth-order valence-corrected chi connectivity index (χ4v) is 3.43. The van der Waals surface area contributed by atoms with E-state index in [1.54, 1.807) is 36.5 Å². The Morgan fingerprint density at radius 3 is 2.31 bits per heavy atom. The highest BCUT2D eigenvalue weighted by molar-refractivity contribution is 5.69. The molecule has 3 aromatic rings. The number of rotatable bonds is 11. The van der Waals surface area contributed by atoms with Crippen molar-refractivity contribution < 1.29 is 27.9 Å². The number of nitrogens with one attached hydrogen (secondary N) is 1. The van der Waals surface area contributed by atoms with Gasteiger partial charge in [-0.15, -0.1) is 0 Å². The zero-order valence-electron chi connectivity index (χ0n) is 19.3. The molecule has 0 aliphatic carbocycles. The van der Waals surface area contributed by atoms with E-state index in [0.29, 0.717) is 30.6 Å². The maximum atomic E-state index is 13.7. The van der Waals surface area contributed by atoms with Crippen LogP contribution in [-0.2, 0) is 35.4 Å². The van der Waals surface area contributed by atoms with Crippen LogP contribution in [0.2, 0.25) is 0 Å². The molecular formula is C27H27F3N2O3. The summed E-state index contributed by atoms with van der Waals surface area (Å²) in [6, 6.07) is 18.9. The summed E-state index contributed by atoms with van der Waals surface area (Å²) in [6.07, 6.45) is -2.35. The number of halogens is 3. The van der Waals surface area contributed by atoms with Gasteiger partial charge in [0.1, 0.15) is 6.61 Å². The standard InChI is InChI=1S/C27H27F3N2O3/c1-19-2-9-23(10-3-19)24-11-8-22(16-25(24)27(28,29)30)18-35-32-15-12-20-4-6-21(7-5-20)17-31-14-13-26(33)34/h2-11,15-16,31H,12-14,17-18H2,1H3,(H,33,34). The minimum absolute atomic E-state index is 0.0724. The molecule has 0 amide bonds. The number of aliphatic carboxylic acids is 1. The summed E-state index contributed by atoms with van der Waals surface area (Å²) in [5.41, 5.74) is 3.32. The van der Waals surface area contributed by atoms with Crippen molar-refractivity contribution in [2.24, 2.45) is 5.16 Å². The summed E-state index contributed by atoms with van der Waals surface area (Å²) in [7, 11) is 0. The SMILES string of the molecule is Cc1ccc(-c2ccc(CON=CCc3ccc(CNCCC(=O)O)cc3)cc2C(F)(F)F)cc1. The second-order valence-corrected chi connectivity index (χ2v) is 8.15. The average Bonchev–Trinajstić information content (AvgIpc) is 2.82. The van der Waals surface area contributed by atoms with Gasteiger partial charge in [0.25, 0.3) is 0 Å². The zero-order chi connectivity index (χ0) is 25.3. The van der Waals surface area contributed by atoms with E-state index >= 15 is 0 Å². The van der Waals surface area contributed by atoms with Crippen molar-refractivity contribution in [3.63, 3.8) is 0 Å². The lowest BCUT2D eigenvalue weighted by molar-refractivity contribution is -0.138. The van der Waals surface area contributed by atoms with E-state index in [-0.39, 0.29) is 18.6 Å². The van der Waals surface area contributed by atoms with Crippen LogP contribution in [0.1, 0.15) is 34.2 Å². The van der Waals surface area contributed by atoms with Gasteiger partial charge in [0.05, 0.1) is 12.0 Å². The Kier molecular flexibility index (Phi) is 9.03. The van der Waals surface area contributed by atoms with Crippen LogP contribution in [0.3, 0.4) is 0 Å². The summed E-state index contributed by atoms with van der Waals surface area (Å²) >= 11 is 0. The van der Waals surface area contributed by atoms with Gasteiger partial charge >= 0.3 is 12.1 Å². The van der Waals surface area contributed by atoms with E-state index in [1.165, 1.54) is 6.07 Å². The first-order chi connectivity index (χ1) is 16.7. The van der Waals surface area contributed by atoms with Gasteiger partial charge in [0.15, 0.2) is 0 Å². The quantitative estimate of drug-likeness (QED) is 0.199. The van der Waals surface area contributed by atoms with Crippen molar-refractivity contribution in [2.45, 2.75) is 39.1 Å². The van der Waals surface area contributed by atoms with Gasteiger partial charge in [-0.3, -0.25) is 4.79 Å². The first-order valence-electron chi connectivity index (χ1n) is 11.1. The van der Waals surface area contributed by atoms with E-state index in [0.717, 1.165) is 22.8 Å². The van der Waals surface area contributed by atoms with Crippen molar-refractivity contribution in [1.82, 2.24) is 5.32 Å². The molecule has 0 spiro atoms. The van der Waals surface area contributed by atoms with E-state index < -0.39 is 17.7 Å². The van der Waals surface area contributed by atoms with E-state index in [9.17, 15) is 18.0 Å². The number of alkyl halides is 3. The predicted octanol–water partition coefficient (Wildman–Crippen LogP) is 5.99. The van der Waals surface area contributed by atoms with Crippen molar-refractivity contribution >= 4 is 12.2 Å². The average molecular weight is 485 g/mol. The van der Waals surface area contributed by atoms with Gasteiger partial charge in [0, 0.05) is 25.7 Å². The molecule has 0 saturated carbocycles. The van der Waals surface area contributed by atoms with Crippen LogP contribution in [0, 0.1) is 6.92 Å². The number of aryl methyl sites for hydroxylation is 1. The topological polar surface area (TPSA) is 70.9 Å². The Labute approximate surface area is 202 Å². The maximum absolute atomic E-state index is 13.7. The molecule has 0 aliphatic heterocycles. The Hall–Kier alpha value is -3.65. The molecule has 0 heterocycles. The Bertz CT molecular complexity index is 1140. The highest BCUT2D eigenvalue weighted by Crippen LogP contribution is 2.37. The van der Waals surface area contributed by atoms with Crippen molar-refractivity contribution in [2.75, 3.05) is 6.54 Å². The van der Waals surface area contributed by atoms with Gasteiger partial charge in [-0.25, -0.2) is 0 Å². The highest BCUT2D eigenvalue weighted by Gasteiger charge is 2.34. The molecule has 0 radical (unpaired) electrons. The molecule has 35 heavy (non-hydrogen) atoms. The first kappa shape index (κ1) is 26.0. The molecule has 3 aromatic carbocycles. The van der Waals surface area contributed by atoms with Gasteiger partial charge < -0.3 is 15.3 Å². The lowest BCUT2D eigenvalue weighted by Crippen LogP contribution is -2.17. The smallest absolute Gasteiger partial charge is 0.417 e. The van der Waals surface area contributed by atoms with Crippen LogP contribution in [0.25, 0.3) is 11.1 Å². The second-order valence-electron chi connectivity index (χ2n) is 8.15. The minimum Gasteiger partial charge on any atom is -0.481 e. The largest absolute Gasteiger partial charge is 0.481 e. The van der Waals surface area contributed by atoms with Crippen LogP contribution in [0.4, 0.5) is 13.2 Å². The summed E-state index contributed by atoms with van der Waals surface area (Å²) in [5, 5.41) is 15.6. The lowest BCUT2D eigenvalue weighted by Gasteiger charge is -2.15. The molecule has 0 atom stereocenters. The third-order valence-electron chi connectivity index (χ3n) is 5.33. The summed E-state index contributed by atoms with van der Waals surface area (Å²) in [5.74, 6) is -0.839. The number of carbonyl (C=O) groups is 1. The third kappa shape index (κ3) is 8.26. The first-order valence-corrected chi connectivity index (χ1v) is 11.1. The maximum Gasteiger partial charge on any atom is 0.417 e. The van der Waals surface area contributed by atoms with Crippen molar-refractivity contribution in [1.29, 1.82) is 0 Å². The molecule has 3 rings (SSSR count). The summed E-state index contributed by atoms with van der Waals surface area (Å²) in [6.45, 7) is 2.79. The van der Waals surface area contributed by atoms with Gasteiger partial charge in [-0.2, -0.15) is 13.2 Å². The zero-order valence-corrected chi connectivity index (χ0v) is 19.3. The predicted molar refractivity (Wildman–Crippen MR) is 129 cm³/mol. The normalized spacial score (nSPS) is 11.7. The monoisotopic (exact) mass is 484 g/mol. The molecule has 0 fully saturated rings. The molecule has 0 aliphatic rings. The number of hydrogen-bond acceptors (Lipinski definition) is 4. The summed E-state index contributed by atoms with van der Waals surface area (Å²) in [4.78, 5) is 15.7. The lowest BCUT2D eigenvalue weighted by atomic mass is 9.96. The van der Waals surface area contributed by atoms with Crippen LogP contribution < -0.4 is 5.32 Å². The Balaban J connectivity index is 1.53. The van der Waals surface area contributed by atoms with Gasteiger partial charge in [-0.1, -0.05) is 71.4 Å². The number of benzene rings is 3. The van der Waals surface area contributed by atoms with Crippen molar-refractivity contribution in [3.05, 3.63) is 94.5 Å². The molecule has 0 bridgehead atoms. The molecule has 8 heteroatoms. The minimum atomic E-state index is -4.49. The second kappa shape index (κ2) is 12.2. The van der Waals surface area contributed by atoms with Crippen molar-refractivity contribution in [3.8, 4) is 11.1 Å². The number of oxime groups is 1. The number of carboxylic acids is 1. The number of hydrogen-bond donors (Lipinski definition) is 2. The van der Waals surface area contributed by atoms with E-state index in [1.807, 2.05) is 31.2 Å². The molecule has 5 nitrogen and oxygen atoms in total. The van der Waals surface area contributed by atoms with E-state index in [2.05, 4.69) is 10.5 Å². The molecule has 2 N–H and O–H groups in total. The van der Waals surface area contributed by atoms with Gasteiger partial charge in [-0.05, 0) is 40.8 Å². The van der Waals surface area contributed by atoms with Crippen LogP contribution in [0.5, 0.6) is 0 Å². The number of carboxylic acid groups (broad SMARTS) is 1.